The fourth-order valence-electron chi connectivity index (χ4n) is 2.13. The van der Waals surface area contributed by atoms with Gasteiger partial charge in [-0.3, -0.25) is 14.8 Å². The van der Waals surface area contributed by atoms with Crippen LogP contribution < -0.4 is 0 Å². The van der Waals surface area contributed by atoms with Crippen molar-refractivity contribution in [3.05, 3.63) is 60.3 Å². The fraction of sp³-hybridized carbons (Fsp3) is 0.133. The van der Waals surface area contributed by atoms with E-state index in [1.165, 1.54) is 0 Å². The molecule has 0 fully saturated rings. The number of benzene rings is 1. The normalized spacial score (nSPS) is 10.7. The second kappa shape index (κ2) is 5.13. The summed E-state index contributed by atoms with van der Waals surface area (Å²) < 4.78 is 0. The number of aromatic amines is 1. The van der Waals surface area contributed by atoms with Crippen molar-refractivity contribution in [3.8, 4) is 0 Å². The lowest BCUT2D eigenvalue weighted by atomic mass is 10.1. The van der Waals surface area contributed by atoms with Gasteiger partial charge in [-0.1, -0.05) is 6.07 Å². The largest absolute Gasteiger partial charge is 0.361 e. The molecule has 0 aliphatic carbocycles. The van der Waals surface area contributed by atoms with Crippen LogP contribution in [0.2, 0.25) is 0 Å². The third-order valence-electron chi connectivity index (χ3n) is 3.16. The molecule has 1 aromatic carbocycles. The minimum atomic E-state index is -0.0350. The quantitative estimate of drug-likeness (QED) is 0.790. The summed E-state index contributed by atoms with van der Waals surface area (Å²) in [6, 6.07) is 7.62. The van der Waals surface area contributed by atoms with Crippen molar-refractivity contribution in [2.75, 3.05) is 7.05 Å². The van der Waals surface area contributed by atoms with Crippen LogP contribution in [0, 0.1) is 0 Å². The highest BCUT2D eigenvalue weighted by Gasteiger charge is 2.13. The van der Waals surface area contributed by atoms with Crippen LogP contribution in [0.3, 0.4) is 0 Å². The van der Waals surface area contributed by atoms with Crippen molar-refractivity contribution in [3.63, 3.8) is 0 Å². The monoisotopic (exact) mass is 266 g/mol. The molecule has 0 radical (unpaired) electrons. The summed E-state index contributed by atoms with van der Waals surface area (Å²) in [4.78, 5) is 25.3. The van der Waals surface area contributed by atoms with E-state index in [0.29, 0.717) is 12.1 Å². The smallest absolute Gasteiger partial charge is 0.254 e. The molecular formula is C15H14N4O. The minimum Gasteiger partial charge on any atom is -0.361 e. The Hall–Kier alpha value is -2.69. The number of hydrogen-bond donors (Lipinski definition) is 1. The number of amides is 1. The number of nitrogens with one attached hydrogen (secondary N) is 1. The molecular weight excluding hydrogens is 252 g/mol. The van der Waals surface area contributed by atoms with Gasteiger partial charge < -0.3 is 9.88 Å². The molecule has 0 unspecified atom stereocenters. The molecule has 0 spiro atoms. The van der Waals surface area contributed by atoms with Gasteiger partial charge in [-0.25, -0.2) is 0 Å². The third kappa shape index (κ3) is 2.38. The molecule has 1 N–H and O–H groups in total. The molecule has 20 heavy (non-hydrogen) atoms. The maximum atomic E-state index is 12.4. The van der Waals surface area contributed by atoms with Crippen molar-refractivity contribution in [1.29, 1.82) is 0 Å². The van der Waals surface area contributed by atoms with Gasteiger partial charge in [0.25, 0.3) is 5.91 Å². The molecule has 2 aromatic heterocycles. The molecule has 5 nitrogen and oxygen atoms in total. The Labute approximate surface area is 116 Å². The average molecular weight is 266 g/mol. The van der Waals surface area contributed by atoms with Gasteiger partial charge in [-0.2, -0.15) is 0 Å². The first-order valence-electron chi connectivity index (χ1n) is 6.31. The van der Waals surface area contributed by atoms with E-state index in [4.69, 9.17) is 0 Å². The Morgan fingerprint density at radius 1 is 1.30 bits per heavy atom. The van der Waals surface area contributed by atoms with E-state index >= 15 is 0 Å². The lowest BCUT2D eigenvalue weighted by Crippen LogP contribution is -2.26. The molecule has 0 aliphatic heterocycles. The summed E-state index contributed by atoms with van der Waals surface area (Å²) in [6.45, 7) is 0.440. The summed E-state index contributed by atoms with van der Waals surface area (Å²) in [5.41, 5.74) is 2.39. The third-order valence-corrected chi connectivity index (χ3v) is 3.16. The maximum absolute atomic E-state index is 12.4. The van der Waals surface area contributed by atoms with Crippen LogP contribution in [0.15, 0.2) is 49.1 Å². The summed E-state index contributed by atoms with van der Waals surface area (Å²) in [6.07, 6.45) is 6.77. The van der Waals surface area contributed by atoms with Gasteiger partial charge in [0.15, 0.2) is 0 Å². The van der Waals surface area contributed by atoms with E-state index in [2.05, 4.69) is 15.0 Å². The van der Waals surface area contributed by atoms with Gasteiger partial charge in [0.1, 0.15) is 0 Å². The van der Waals surface area contributed by atoms with Crippen molar-refractivity contribution in [1.82, 2.24) is 19.9 Å². The number of nitrogens with zero attached hydrogens (tertiary/aromatic N) is 3. The van der Waals surface area contributed by atoms with Crippen LogP contribution >= 0.6 is 0 Å². The molecule has 100 valence electrons. The Kier molecular flexibility index (Phi) is 3.16. The van der Waals surface area contributed by atoms with Gasteiger partial charge in [-0.05, 0) is 23.6 Å². The Balaban J connectivity index is 1.80. The molecule has 0 atom stereocenters. The second-order valence-electron chi connectivity index (χ2n) is 4.64. The maximum Gasteiger partial charge on any atom is 0.254 e. The molecule has 0 saturated carbocycles. The van der Waals surface area contributed by atoms with Crippen molar-refractivity contribution in [2.45, 2.75) is 6.54 Å². The van der Waals surface area contributed by atoms with Gasteiger partial charge in [0.05, 0.1) is 18.4 Å². The molecule has 0 aliphatic rings. The Morgan fingerprint density at radius 2 is 2.20 bits per heavy atom. The predicted octanol–water partition coefficient (Wildman–Crippen LogP) is 2.23. The zero-order valence-corrected chi connectivity index (χ0v) is 11.1. The molecule has 3 rings (SSSR count). The van der Waals surface area contributed by atoms with E-state index < -0.39 is 0 Å². The SMILES string of the molecule is CN(Cc1cnccn1)C(=O)c1ccc2cc[nH]c2c1. The number of H-pyrrole nitrogens is 1. The van der Waals surface area contributed by atoms with Gasteiger partial charge in [-0.15, -0.1) is 0 Å². The van der Waals surface area contributed by atoms with Crippen LogP contribution in [-0.4, -0.2) is 32.8 Å². The number of rotatable bonds is 3. The summed E-state index contributed by atoms with van der Waals surface area (Å²) in [5, 5.41) is 1.10. The van der Waals surface area contributed by atoms with Crippen molar-refractivity contribution >= 4 is 16.8 Å². The summed E-state index contributed by atoms with van der Waals surface area (Å²) in [5.74, 6) is -0.0350. The zero-order valence-electron chi connectivity index (χ0n) is 11.1. The Bertz CT molecular complexity index is 736. The zero-order chi connectivity index (χ0) is 13.9. The first-order chi connectivity index (χ1) is 9.74. The first kappa shape index (κ1) is 12.3. The lowest BCUT2D eigenvalue weighted by Gasteiger charge is -2.16. The highest BCUT2D eigenvalue weighted by molar-refractivity contribution is 5.97. The fourth-order valence-corrected chi connectivity index (χ4v) is 2.13. The molecule has 1 amide bonds. The number of carbonyl (C=O) groups excluding carboxylic acids is 1. The summed E-state index contributed by atoms with van der Waals surface area (Å²) in [7, 11) is 1.76. The van der Waals surface area contributed by atoms with E-state index in [1.54, 1.807) is 30.5 Å². The molecule has 3 aromatic rings. The highest BCUT2D eigenvalue weighted by Crippen LogP contribution is 2.15. The number of fused-ring (bicyclic) bond motifs is 1. The first-order valence-corrected chi connectivity index (χ1v) is 6.31. The Morgan fingerprint density at radius 3 is 3.00 bits per heavy atom. The van der Waals surface area contributed by atoms with Crippen molar-refractivity contribution in [2.24, 2.45) is 0 Å². The van der Waals surface area contributed by atoms with E-state index in [1.807, 2.05) is 30.5 Å². The van der Waals surface area contributed by atoms with Crippen LogP contribution in [-0.2, 0) is 6.54 Å². The van der Waals surface area contributed by atoms with Crippen LogP contribution in [0.1, 0.15) is 16.1 Å². The van der Waals surface area contributed by atoms with Gasteiger partial charge >= 0.3 is 0 Å². The molecule has 2 heterocycles. The number of carbonyl (C=O) groups is 1. The topological polar surface area (TPSA) is 61.9 Å². The minimum absolute atomic E-state index is 0.0350. The predicted molar refractivity (Wildman–Crippen MR) is 76.1 cm³/mol. The van der Waals surface area contributed by atoms with Crippen LogP contribution in [0.25, 0.3) is 10.9 Å². The second-order valence-corrected chi connectivity index (χ2v) is 4.64. The van der Waals surface area contributed by atoms with Crippen LogP contribution in [0.4, 0.5) is 0 Å². The van der Waals surface area contributed by atoms with Gasteiger partial charge in [0, 0.05) is 36.7 Å². The van der Waals surface area contributed by atoms with E-state index in [9.17, 15) is 4.79 Å². The average Bonchev–Trinajstić information content (AvgIpc) is 2.94. The highest BCUT2D eigenvalue weighted by atomic mass is 16.2. The molecule has 0 saturated heterocycles. The summed E-state index contributed by atoms with van der Waals surface area (Å²) >= 11 is 0. The van der Waals surface area contributed by atoms with E-state index in [-0.39, 0.29) is 5.91 Å². The van der Waals surface area contributed by atoms with Crippen molar-refractivity contribution < 1.29 is 4.79 Å². The lowest BCUT2D eigenvalue weighted by molar-refractivity contribution is 0.0783. The van der Waals surface area contributed by atoms with Crippen LogP contribution in [0.5, 0.6) is 0 Å². The molecule has 0 bridgehead atoms. The van der Waals surface area contributed by atoms with E-state index in [0.717, 1.165) is 16.6 Å². The standard InChI is InChI=1S/C15H14N4O/c1-19(10-13-9-16-6-7-17-13)15(20)12-3-2-11-4-5-18-14(11)8-12/h2-9,18H,10H2,1H3. The number of hydrogen-bond acceptors (Lipinski definition) is 3. The molecule has 5 heteroatoms. The number of aromatic nitrogens is 3. The van der Waals surface area contributed by atoms with Gasteiger partial charge in [0.2, 0.25) is 0 Å².